The second-order valence-electron chi connectivity index (χ2n) is 8.70. The standard InChI is InChI=1S/C18H31B2I2N5O4P2/c19-33(22)14-12-16(29)26(18(14)31)4-2-23-1-3-24-5-7-25(8-6-24)9-10-27-15(28)11-13(17(27)30)20(21)32/h13-14,23H,1-12,19,32H2. The SMILES string of the molecule is BP(I)C1CC(=O)N(CCNCCN2CCN(CCN3C(=O)CC(B(P)I)C3=O)CC2)C1=O. The number of carbonyl (C=O) groups excluding carboxylic acids is 4. The number of hydrogen-bond donors (Lipinski definition) is 1. The first-order chi connectivity index (χ1) is 15.7. The number of nitrogens with zero attached hydrogens (tertiary/aromatic N) is 4. The second kappa shape index (κ2) is 13.2. The van der Waals surface area contributed by atoms with Crippen molar-refractivity contribution in [3.05, 3.63) is 0 Å². The Morgan fingerprint density at radius 3 is 2.00 bits per heavy atom. The molecule has 3 heterocycles. The minimum absolute atomic E-state index is 0.00326. The third-order valence-corrected chi connectivity index (χ3v) is 11.1. The summed E-state index contributed by atoms with van der Waals surface area (Å²) in [7, 11) is 4.67. The first-order valence-electron chi connectivity index (χ1n) is 11.3. The highest BCUT2D eigenvalue weighted by Gasteiger charge is 2.42. The molecule has 182 valence electrons. The van der Waals surface area contributed by atoms with Crippen molar-refractivity contribution in [3.63, 3.8) is 0 Å². The molecule has 4 atom stereocenters. The molecule has 0 aliphatic carbocycles. The molecule has 3 aliphatic rings. The second-order valence-corrected chi connectivity index (χ2v) is 18.5. The van der Waals surface area contributed by atoms with Gasteiger partial charge >= 0.3 is 0 Å². The minimum Gasteiger partial charge on any atom is -0.314 e. The van der Waals surface area contributed by atoms with Crippen LogP contribution in [0.1, 0.15) is 12.8 Å². The van der Waals surface area contributed by atoms with Crippen molar-refractivity contribution in [1.29, 1.82) is 0 Å². The third kappa shape index (κ3) is 7.55. The van der Waals surface area contributed by atoms with Crippen LogP contribution in [0.25, 0.3) is 0 Å². The van der Waals surface area contributed by atoms with E-state index in [-0.39, 0.29) is 39.4 Å². The van der Waals surface area contributed by atoms with E-state index in [2.05, 4.69) is 68.7 Å². The van der Waals surface area contributed by atoms with E-state index in [1.165, 1.54) is 9.80 Å². The Balaban J connectivity index is 1.27. The van der Waals surface area contributed by atoms with Crippen LogP contribution in [0.15, 0.2) is 0 Å². The summed E-state index contributed by atoms with van der Waals surface area (Å²) in [6.45, 7) is 7.78. The van der Waals surface area contributed by atoms with Crippen molar-refractivity contribution >= 4 is 94.5 Å². The lowest BCUT2D eigenvalue weighted by atomic mass is 9.84. The molecular weight excluding hydrogens is 688 g/mol. The number of piperazine rings is 1. The highest BCUT2D eigenvalue weighted by Crippen LogP contribution is 2.49. The Labute approximate surface area is 226 Å². The number of nitrogens with one attached hydrogen (secondary N) is 1. The molecule has 3 aliphatic heterocycles. The summed E-state index contributed by atoms with van der Waals surface area (Å²) in [6.07, 6.45) is 0.695. The van der Waals surface area contributed by atoms with Crippen molar-refractivity contribution < 1.29 is 19.2 Å². The number of likely N-dealkylation sites (tertiary alicyclic amines) is 2. The number of rotatable bonds is 11. The molecule has 0 aromatic rings. The molecule has 15 heteroatoms. The molecule has 0 bridgehead atoms. The van der Waals surface area contributed by atoms with Crippen LogP contribution in [0.4, 0.5) is 0 Å². The molecule has 4 unspecified atom stereocenters. The number of hydrogen-bond acceptors (Lipinski definition) is 7. The van der Waals surface area contributed by atoms with E-state index in [0.29, 0.717) is 32.5 Å². The van der Waals surface area contributed by atoms with Gasteiger partial charge in [0, 0.05) is 84.1 Å². The summed E-state index contributed by atoms with van der Waals surface area (Å²) in [5, 5.41) is 3.36. The zero-order chi connectivity index (χ0) is 24.1. The van der Waals surface area contributed by atoms with Gasteiger partial charge in [0.15, 0.2) is 0 Å². The van der Waals surface area contributed by atoms with Crippen LogP contribution >= 0.6 is 59.0 Å². The topological polar surface area (TPSA) is 93.3 Å². The van der Waals surface area contributed by atoms with E-state index in [1.807, 2.05) is 7.57 Å². The predicted molar refractivity (Wildman–Crippen MR) is 155 cm³/mol. The summed E-state index contributed by atoms with van der Waals surface area (Å²) in [4.78, 5) is 56.6. The van der Waals surface area contributed by atoms with Gasteiger partial charge in [0.05, 0.1) is 5.66 Å². The largest absolute Gasteiger partial charge is 0.314 e. The van der Waals surface area contributed by atoms with E-state index in [1.54, 1.807) is 0 Å². The molecule has 0 aromatic heterocycles. The quantitative estimate of drug-likeness (QED) is 0.103. The summed E-state index contributed by atoms with van der Waals surface area (Å²) in [5.41, 5.74) is -0.564. The lowest BCUT2D eigenvalue weighted by molar-refractivity contribution is -0.140. The maximum atomic E-state index is 12.4. The Hall–Kier alpha value is 0.610. The van der Waals surface area contributed by atoms with E-state index in [4.69, 9.17) is 0 Å². The summed E-state index contributed by atoms with van der Waals surface area (Å²) < 4.78 is 0.0925. The van der Waals surface area contributed by atoms with Gasteiger partial charge in [-0.15, -0.1) is 22.4 Å². The van der Waals surface area contributed by atoms with Crippen molar-refractivity contribution in [2.75, 3.05) is 65.4 Å². The fourth-order valence-electron chi connectivity index (χ4n) is 4.40. The van der Waals surface area contributed by atoms with Gasteiger partial charge in [-0.25, -0.2) is 0 Å². The Kier molecular flexibility index (Phi) is 11.3. The van der Waals surface area contributed by atoms with Crippen LogP contribution in [0.2, 0.25) is 5.82 Å². The smallest absolute Gasteiger partial charge is 0.252 e. The zero-order valence-electron chi connectivity index (χ0n) is 18.9. The maximum Gasteiger partial charge on any atom is 0.252 e. The maximum absolute atomic E-state index is 12.4. The van der Waals surface area contributed by atoms with Crippen LogP contribution < -0.4 is 5.32 Å². The minimum atomic E-state index is -0.454. The Morgan fingerprint density at radius 1 is 0.909 bits per heavy atom. The van der Waals surface area contributed by atoms with Gasteiger partial charge in [-0.2, -0.15) is 9.12 Å². The van der Waals surface area contributed by atoms with E-state index in [9.17, 15) is 19.2 Å². The first-order valence-corrected chi connectivity index (χ1v) is 17.9. The Morgan fingerprint density at radius 2 is 1.45 bits per heavy atom. The van der Waals surface area contributed by atoms with Crippen LogP contribution in [0.3, 0.4) is 0 Å². The molecule has 1 N–H and O–H groups in total. The molecule has 4 amide bonds. The van der Waals surface area contributed by atoms with Gasteiger partial charge in [-0.3, -0.25) is 38.8 Å². The van der Waals surface area contributed by atoms with Gasteiger partial charge in [0.2, 0.25) is 23.6 Å². The lowest BCUT2D eigenvalue weighted by Gasteiger charge is -2.35. The molecule has 0 saturated carbocycles. The molecular formula is C18H31B2I2N5O4P2. The third-order valence-electron chi connectivity index (χ3n) is 6.53. The van der Waals surface area contributed by atoms with Crippen molar-refractivity contribution in [2.45, 2.75) is 24.3 Å². The first kappa shape index (κ1) is 28.2. The summed E-state index contributed by atoms with van der Waals surface area (Å²) in [5.74, 6) is -0.319. The highest BCUT2D eigenvalue weighted by atomic mass is 127. The van der Waals surface area contributed by atoms with Crippen LogP contribution in [0.5, 0.6) is 0 Å². The molecule has 0 spiro atoms. The average molecular weight is 719 g/mol. The average Bonchev–Trinajstić information content (AvgIpc) is 3.22. The van der Waals surface area contributed by atoms with Crippen molar-refractivity contribution in [1.82, 2.24) is 24.9 Å². The van der Waals surface area contributed by atoms with Crippen molar-refractivity contribution in [2.24, 2.45) is 0 Å². The van der Waals surface area contributed by atoms with E-state index in [0.717, 1.165) is 45.8 Å². The fraction of sp³-hybridized carbons (Fsp3) is 0.778. The van der Waals surface area contributed by atoms with Crippen molar-refractivity contribution in [3.8, 4) is 0 Å². The van der Waals surface area contributed by atoms with Gasteiger partial charge in [-0.1, -0.05) is 27.5 Å². The highest BCUT2D eigenvalue weighted by molar-refractivity contribution is 14.2. The molecule has 33 heavy (non-hydrogen) atoms. The fourth-order valence-corrected chi connectivity index (χ4v) is 7.42. The number of imide groups is 2. The number of carbonyl (C=O) groups is 4. The number of halogens is 2. The van der Waals surface area contributed by atoms with Gasteiger partial charge in [0.1, 0.15) is 7.57 Å². The van der Waals surface area contributed by atoms with E-state index >= 15 is 0 Å². The van der Waals surface area contributed by atoms with E-state index < -0.39 is 5.44 Å². The summed E-state index contributed by atoms with van der Waals surface area (Å²) >= 11 is 4.48. The Bertz CT molecular complexity index is 759. The summed E-state index contributed by atoms with van der Waals surface area (Å²) in [6, 6.07) is 0. The monoisotopic (exact) mass is 719 g/mol. The van der Waals surface area contributed by atoms with Crippen LogP contribution in [-0.4, -0.2) is 126 Å². The molecule has 3 saturated heterocycles. The molecule has 0 aromatic carbocycles. The lowest BCUT2D eigenvalue weighted by Crippen LogP contribution is -2.50. The molecule has 3 rings (SSSR count). The molecule has 0 radical (unpaired) electrons. The van der Waals surface area contributed by atoms with Crippen LogP contribution in [-0.2, 0) is 19.2 Å². The molecule has 3 fully saturated rings. The normalized spacial score (nSPS) is 26.0. The van der Waals surface area contributed by atoms with Gasteiger partial charge < -0.3 is 5.32 Å². The van der Waals surface area contributed by atoms with Gasteiger partial charge in [-0.05, 0) is 0 Å². The van der Waals surface area contributed by atoms with Crippen LogP contribution in [0, 0.1) is 0 Å². The number of amides is 4. The predicted octanol–water partition coefficient (Wildman–Crippen LogP) is -0.371. The molecule has 9 nitrogen and oxygen atoms in total. The zero-order valence-corrected chi connectivity index (χ0v) is 25.3. The van der Waals surface area contributed by atoms with Gasteiger partial charge in [0.25, 0.3) is 4.29 Å².